The summed E-state index contributed by atoms with van der Waals surface area (Å²) in [6, 6.07) is 6.59. The highest BCUT2D eigenvalue weighted by atomic mass is 14.9. The number of aromatic nitrogens is 1. The van der Waals surface area contributed by atoms with Crippen molar-refractivity contribution in [1.29, 1.82) is 0 Å². The smallest absolute Gasteiger partial charge is 0.0726 e. The number of pyridine rings is 1. The van der Waals surface area contributed by atoms with Gasteiger partial charge in [-0.1, -0.05) is 18.1 Å². The largest absolute Gasteiger partial charge is 0.384 e. The average Bonchev–Trinajstić information content (AvgIpc) is 2.64. The van der Waals surface area contributed by atoms with Crippen molar-refractivity contribution in [3.8, 4) is 0 Å². The molecule has 0 spiro atoms. The quantitative estimate of drug-likeness (QED) is 0.811. The molecule has 100 valence electrons. The predicted octanol–water partition coefficient (Wildman–Crippen LogP) is 4.24. The molecule has 3 rings (SSSR count). The maximum absolute atomic E-state index is 4.92. The van der Waals surface area contributed by atoms with Crippen molar-refractivity contribution in [2.75, 3.05) is 11.9 Å². The molecule has 0 saturated heterocycles. The van der Waals surface area contributed by atoms with Crippen molar-refractivity contribution >= 4 is 16.6 Å². The highest BCUT2D eigenvalue weighted by molar-refractivity contribution is 5.94. The van der Waals surface area contributed by atoms with Crippen LogP contribution >= 0.6 is 0 Å². The van der Waals surface area contributed by atoms with Gasteiger partial charge in [-0.25, -0.2) is 0 Å². The van der Waals surface area contributed by atoms with Crippen LogP contribution in [-0.4, -0.2) is 11.5 Å². The first-order chi connectivity index (χ1) is 9.29. The number of hydrogen-bond acceptors (Lipinski definition) is 2. The Morgan fingerprint density at radius 2 is 2.00 bits per heavy atom. The molecule has 0 unspecified atom stereocenters. The normalized spacial score (nSPS) is 15.1. The third-order valence-corrected chi connectivity index (χ3v) is 4.02. The molecule has 0 aliphatic heterocycles. The fourth-order valence-corrected chi connectivity index (χ4v) is 3.09. The summed E-state index contributed by atoms with van der Waals surface area (Å²) < 4.78 is 0. The molecule has 1 aliphatic rings. The van der Waals surface area contributed by atoms with Crippen LogP contribution in [-0.2, 0) is 12.8 Å². The first kappa shape index (κ1) is 12.5. The lowest BCUT2D eigenvalue weighted by molar-refractivity contribution is 0.709. The summed E-state index contributed by atoms with van der Waals surface area (Å²) in [5, 5.41) is 4.89. The topological polar surface area (TPSA) is 24.9 Å². The summed E-state index contributed by atoms with van der Waals surface area (Å²) in [5.74, 6) is 0. The van der Waals surface area contributed by atoms with Crippen molar-refractivity contribution in [3.05, 3.63) is 35.0 Å². The molecule has 0 amide bonds. The number of fused-ring (bicyclic) bond motifs is 2. The molecule has 2 heteroatoms. The number of anilines is 1. The molecular formula is C17H22N2. The Morgan fingerprint density at radius 3 is 2.84 bits per heavy atom. The van der Waals surface area contributed by atoms with Crippen molar-refractivity contribution in [1.82, 2.24) is 4.98 Å². The van der Waals surface area contributed by atoms with Crippen LogP contribution < -0.4 is 5.32 Å². The lowest BCUT2D eigenvalue weighted by atomic mass is 10.0. The van der Waals surface area contributed by atoms with Gasteiger partial charge in [0.2, 0.25) is 0 Å². The maximum Gasteiger partial charge on any atom is 0.0726 e. The van der Waals surface area contributed by atoms with E-state index in [4.69, 9.17) is 4.98 Å². The zero-order valence-electron chi connectivity index (χ0n) is 11.9. The lowest BCUT2D eigenvalue weighted by Crippen LogP contribution is -2.06. The summed E-state index contributed by atoms with van der Waals surface area (Å²) in [7, 11) is 0. The average molecular weight is 254 g/mol. The van der Waals surface area contributed by atoms with E-state index in [1.807, 2.05) is 0 Å². The second-order valence-electron chi connectivity index (χ2n) is 5.52. The second-order valence-corrected chi connectivity index (χ2v) is 5.52. The van der Waals surface area contributed by atoms with Gasteiger partial charge in [-0.2, -0.15) is 0 Å². The number of rotatable bonds is 2. The summed E-state index contributed by atoms with van der Waals surface area (Å²) in [4.78, 5) is 4.92. The molecule has 0 saturated carbocycles. The maximum atomic E-state index is 4.92. The molecule has 0 bridgehead atoms. The molecule has 1 heterocycles. The van der Waals surface area contributed by atoms with E-state index < -0.39 is 0 Å². The number of nitrogens with zero attached hydrogens (tertiary/aromatic N) is 1. The van der Waals surface area contributed by atoms with Gasteiger partial charge in [0, 0.05) is 23.3 Å². The number of benzene rings is 1. The van der Waals surface area contributed by atoms with Crippen molar-refractivity contribution < 1.29 is 0 Å². The van der Waals surface area contributed by atoms with Crippen LogP contribution in [0.3, 0.4) is 0 Å². The fourth-order valence-electron chi connectivity index (χ4n) is 3.09. The van der Waals surface area contributed by atoms with Gasteiger partial charge in [-0.15, -0.1) is 0 Å². The van der Waals surface area contributed by atoms with E-state index in [1.54, 1.807) is 0 Å². The third kappa shape index (κ3) is 2.32. The Bertz CT molecular complexity index is 602. The van der Waals surface area contributed by atoms with E-state index in [1.165, 1.54) is 53.6 Å². The van der Waals surface area contributed by atoms with E-state index in [9.17, 15) is 0 Å². The molecule has 19 heavy (non-hydrogen) atoms. The second kappa shape index (κ2) is 5.20. The SMILES string of the molecule is CCNc1c2c(nc3ccc(C)cc13)CCCCC2. The third-order valence-electron chi connectivity index (χ3n) is 4.02. The highest BCUT2D eigenvalue weighted by Gasteiger charge is 2.16. The monoisotopic (exact) mass is 254 g/mol. The summed E-state index contributed by atoms with van der Waals surface area (Å²) in [6.45, 7) is 5.30. The Morgan fingerprint density at radius 1 is 1.16 bits per heavy atom. The molecule has 1 aromatic heterocycles. The number of aryl methyl sites for hydroxylation is 2. The summed E-state index contributed by atoms with van der Waals surface area (Å²) >= 11 is 0. The Kier molecular flexibility index (Phi) is 3.41. The van der Waals surface area contributed by atoms with Gasteiger partial charge in [0.25, 0.3) is 0 Å². The van der Waals surface area contributed by atoms with Gasteiger partial charge >= 0.3 is 0 Å². The Balaban J connectivity index is 2.27. The molecule has 1 aromatic carbocycles. The van der Waals surface area contributed by atoms with Crippen LogP contribution in [0.25, 0.3) is 10.9 Å². The molecular weight excluding hydrogens is 232 g/mol. The lowest BCUT2D eigenvalue weighted by Gasteiger charge is -2.16. The molecule has 2 nitrogen and oxygen atoms in total. The van der Waals surface area contributed by atoms with Gasteiger partial charge < -0.3 is 5.32 Å². The van der Waals surface area contributed by atoms with E-state index in [0.29, 0.717) is 0 Å². The zero-order chi connectivity index (χ0) is 13.2. The molecule has 2 aromatic rings. The molecule has 0 fully saturated rings. The Labute approximate surface area is 115 Å². The minimum atomic E-state index is 0.972. The van der Waals surface area contributed by atoms with Crippen LogP contribution in [0.5, 0.6) is 0 Å². The van der Waals surface area contributed by atoms with Crippen LogP contribution in [0.15, 0.2) is 18.2 Å². The molecule has 1 aliphatic carbocycles. The van der Waals surface area contributed by atoms with Crippen molar-refractivity contribution in [3.63, 3.8) is 0 Å². The van der Waals surface area contributed by atoms with Crippen LogP contribution in [0.1, 0.15) is 43.0 Å². The van der Waals surface area contributed by atoms with E-state index in [2.05, 4.69) is 37.4 Å². The van der Waals surface area contributed by atoms with E-state index in [-0.39, 0.29) is 0 Å². The molecule has 0 radical (unpaired) electrons. The number of nitrogens with one attached hydrogen (secondary N) is 1. The summed E-state index contributed by atoms with van der Waals surface area (Å²) in [5.41, 5.74) is 6.58. The predicted molar refractivity (Wildman–Crippen MR) is 81.9 cm³/mol. The zero-order valence-corrected chi connectivity index (χ0v) is 11.9. The summed E-state index contributed by atoms with van der Waals surface area (Å²) in [6.07, 6.45) is 6.22. The van der Waals surface area contributed by atoms with Crippen LogP contribution in [0, 0.1) is 6.92 Å². The number of hydrogen-bond donors (Lipinski definition) is 1. The van der Waals surface area contributed by atoms with E-state index >= 15 is 0 Å². The first-order valence-electron chi connectivity index (χ1n) is 7.45. The van der Waals surface area contributed by atoms with Gasteiger partial charge in [0.05, 0.1) is 5.52 Å². The van der Waals surface area contributed by atoms with Crippen LogP contribution in [0.2, 0.25) is 0 Å². The highest BCUT2D eigenvalue weighted by Crippen LogP contribution is 2.33. The van der Waals surface area contributed by atoms with Crippen LogP contribution in [0.4, 0.5) is 5.69 Å². The van der Waals surface area contributed by atoms with Gasteiger partial charge in [0.1, 0.15) is 0 Å². The van der Waals surface area contributed by atoms with Crippen molar-refractivity contribution in [2.24, 2.45) is 0 Å². The van der Waals surface area contributed by atoms with E-state index in [0.717, 1.165) is 18.5 Å². The van der Waals surface area contributed by atoms with Gasteiger partial charge in [-0.05, 0) is 57.2 Å². The minimum absolute atomic E-state index is 0.972. The molecule has 0 atom stereocenters. The van der Waals surface area contributed by atoms with Gasteiger partial charge in [0.15, 0.2) is 0 Å². The molecule has 1 N–H and O–H groups in total. The standard InChI is InChI=1S/C17H22N2/c1-3-18-17-13-7-5-4-6-8-15(13)19-16-10-9-12(2)11-14(16)17/h9-11H,3-8H2,1-2H3,(H,18,19). The first-order valence-corrected chi connectivity index (χ1v) is 7.45. The van der Waals surface area contributed by atoms with Crippen molar-refractivity contribution in [2.45, 2.75) is 46.0 Å². The van der Waals surface area contributed by atoms with Gasteiger partial charge in [-0.3, -0.25) is 4.98 Å². The Hall–Kier alpha value is -1.57. The fraction of sp³-hybridized carbons (Fsp3) is 0.471. The minimum Gasteiger partial charge on any atom is -0.384 e.